The van der Waals surface area contributed by atoms with Crippen LogP contribution in [0.25, 0.3) is 0 Å². The van der Waals surface area contributed by atoms with Gasteiger partial charge in [0.25, 0.3) is 0 Å². The van der Waals surface area contributed by atoms with Gasteiger partial charge in [0.05, 0.1) is 10.7 Å². The van der Waals surface area contributed by atoms with Crippen LogP contribution in [0.5, 0.6) is 0 Å². The van der Waals surface area contributed by atoms with Crippen LogP contribution in [0.3, 0.4) is 0 Å². The van der Waals surface area contributed by atoms with E-state index in [1.807, 2.05) is 0 Å². The zero-order chi connectivity index (χ0) is 9.97. The Hall–Kier alpha value is -0.160. The highest BCUT2D eigenvalue weighted by Gasteiger charge is 2.21. The Bertz CT molecular complexity index is 303. The van der Waals surface area contributed by atoms with Gasteiger partial charge < -0.3 is 5.73 Å². The first-order valence-electron chi connectivity index (χ1n) is 5.11. The maximum atomic E-state index is 5.65. The molecule has 1 aliphatic heterocycles. The molecular formula is C10H18ClN3S. The van der Waals surface area contributed by atoms with Gasteiger partial charge in [-0.3, -0.25) is 4.90 Å². The Kier molecular flexibility index (Phi) is 4.99. The Labute approximate surface area is 101 Å². The zero-order valence-corrected chi connectivity index (χ0v) is 10.6. The van der Waals surface area contributed by atoms with Gasteiger partial charge in [0.2, 0.25) is 0 Å². The van der Waals surface area contributed by atoms with Crippen molar-refractivity contribution in [1.82, 2.24) is 9.88 Å². The van der Waals surface area contributed by atoms with Crippen LogP contribution < -0.4 is 5.73 Å². The van der Waals surface area contributed by atoms with Gasteiger partial charge in [-0.05, 0) is 32.4 Å². The summed E-state index contributed by atoms with van der Waals surface area (Å²) in [6, 6.07) is 0. The summed E-state index contributed by atoms with van der Waals surface area (Å²) >= 11 is 1.73. The molecule has 1 unspecified atom stereocenters. The van der Waals surface area contributed by atoms with Gasteiger partial charge in [0.1, 0.15) is 0 Å². The monoisotopic (exact) mass is 247 g/mol. The van der Waals surface area contributed by atoms with Crippen molar-refractivity contribution in [3.8, 4) is 0 Å². The van der Waals surface area contributed by atoms with E-state index < -0.39 is 0 Å². The van der Waals surface area contributed by atoms with Crippen molar-refractivity contribution in [1.29, 1.82) is 0 Å². The molecule has 2 rings (SSSR count). The molecule has 0 radical (unpaired) electrons. The van der Waals surface area contributed by atoms with Gasteiger partial charge in [0, 0.05) is 18.5 Å². The summed E-state index contributed by atoms with van der Waals surface area (Å²) in [5.74, 6) is 0.703. The molecule has 86 valence electrons. The number of aryl methyl sites for hydroxylation is 1. The lowest BCUT2D eigenvalue weighted by atomic mass is 10.1. The van der Waals surface area contributed by atoms with Crippen LogP contribution in [-0.2, 0) is 6.54 Å². The molecule has 0 spiro atoms. The number of aromatic nitrogens is 1. The average molecular weight is 248 g/mol. The van der Waals surface area contributed by atoms with E-state index in [0.29, 0.717) is 5.92 Å². The molecule has 0 bridgehead atoms. The predicted molar refractivity (Wildman–Crippen MR) is 66.5 cm³/mol. The second-order valence-corrected chi connectivity index (χ2v) is 5.05. The number of hydrogen-bond donors (Lipinski definition) is 1. The number of nitrogens with two attached hydrogens (primary N) is 1. The first-order chi connectivity index (χ1) is 6.78. The zero-order valence-electron chi connectivity index (χ0n) is 8.98. The van der Waals surface area contributed by atoms with Crippen LogP contribution in [0.2, 0.25) is 0 Å². The minimum absolute atomic E-state index is 0. The molecule has 1 aliphatic rings. The van der Waals surface area contributed by atoms with Crippen molar-refractivity contribution >= 4 is 23.7 Å². The minimum atomic E-state index is 0. The molecule has 1 aromatic rings. The largest absolute Gasteiger partial charge is 0.330 e. The van der Waals surface area contributed by atoms with Crippen molar-refractivity contribution in [2.75, 3.05) is 19.6 Å². The first-order valence-corrected chi connectivity index (χ1v) is 5.99. The lowest BCUT2D eigenvalue weighted by Gasteiger charge is -2.13. The van der Waals surface area contributed by atoms with Gasteiger partial charge in [-0.15, -0.1) is 23.7 Å². The summed E-state index contributed by atoms with van der Waals surface area (Å²) in [6.07, 6.45) is 1.25. The molecule has 1 saturated heterocycles. The van der Waals surface area contributed by atoms with Gasteiger partial charge >= 0.3 is 0 Å². The fraction of sp³-hybridized carbons (Fsp3) is 0.700. The summed E-state index contributed by atoms with van der Waals surface area (Å²) in [6.45, 7) is 6.21. The second-order valence-electron chi connectivity index (χ2n) is 3.98. The molecular weight excluding hydrogens is 230 g/mol. The fourth-order valence-electron chi connectivity index (χ4n) is 1.96. The van der Waals surface area contributed by atoms with Crippen LogP contribution in [0.4, 0.5) is 0 Å². The van der Waals surface area contributed by atoms with Gasteiger partial charge in [-0.25, -0.2) is 4.98 Å². The number of rotatable bonds is 3. The average Bonchev–Trinajstić information content (AvgIpc) is 2.76. The van der Waals surface area contributed by atoms with Gasteiger partial charge in [-0.1, -0.05) is 0 Å². The molecule has 1 aromatic heterocycles. The summed E-state index contributed by atoms with van der Waals surface area (Å²) < 4.78 is 0. The van der Waals surface area contributed by atoms with Crippen molar-refractivity contribution in [3.63, 3.8) is 0 Å². The highest BCUT2D eigenvalue weighted by atomic mass is 35.5. The van der Waals surface area contributed by atoms with Crippen LogP contribution >= 0.6 is 23.7 Å². The number of nitrogens with zero attached hydrogens (tertiary/aromatic N) is 2. The van der Waals surface area contributed by atoms with Crippen molar-refractivity contribution in [2.45, 2.75) is 19.9 Å². The highest BCUT2D eigenvalue weighted by molar-refractivity contribution is 7.09. The number of hydrogen-bond acceptors (Lipinski definition) is 4. The summed E-state index contributed by atoms with van der Waals surface area (Å²) in [5.41, 5.74) is 6.87. The predicted octanol–water partition coefficient (Wildman–Crippen LogP) is 1.65. The van der Waals surface area contributed by atoms with Crippen LogP contribution in [0, 0.1) is 12.8 Å². The third-order valence-electron chi connectivity index (χ3n) is 2.76. The molecule has 0 aliphatic carbocycles. The van der Waals surface area contributed by atoms with E-state index in [-0.39, 0.29) is 12.4 Å². The summed E-state index contributed by atoms with van der Waals surface area (Å²) in [4.78, 5) is 6.92. The first kappa shape index (κ1) is 12.9. The van der Waals surface area contributed by atoms with Crippen molar-refractivity contribution < 1.29 is 0 Å². The van der Waals surface area contributed by atoms with Crippen LogP contribution in [-0.4, -0.2) is 29.5 Å². The highest BCUT2D eigenvalue weighted by Crippen LogP contribution is 2.18. The van der Waals surface area contributed by atoms with E-state index >= 15 is 0 Å². The third-order valence-corrected chi connectivity index (χ3v) is 3.58. The Balaban J connectivity index is 0.00000112. The van der Waals surface area contributed by atoms with Crippen molar-refractivity contribution in [3.05, 3.63) is 16.1 Å². The Morgan fingerprint density at radius 3 is 3.00 bits per heavy atom. The van der Waals surface area contributed by atoms with E-state index in [1.165, 1.54) is 18.7 Å². The number of likely N-dealkylation sites (tertiary alicyclic amines) is 1. The van der Waals surface area contributed by atoms with Crippen LogP contribution in [0.1, 0.15) is 17.1 Å². The molecule has 0 aromatic carbocycles. The van der Waals surface area contributed by atoms with Gasteiger partial charge in [-0.2, -0.15) is 0 Å². The molecule has 1 fully saturated rings. The van der Waals surface area contributed by atoms with Crippen LogP contribution in [0.15, 0.2) is 5.38 Å². The van der Waals surface area contributed by atoms with E-state index in [4.69, 9.17) is 5.73 Å². The minimum Gasteiger partial charge on any atom is -0.330 e. The van der Waals surface area contributed by atoms with E-state index in [1.54, 1.807) is 11.3 Å². The SMILES string of the molecule is Cc1nc(CN2CCC(CN)C2)cs1.Cl. The maximum Gasteiger partial charge on any atom is 0.0897 e. The molecule has 15 heavy (non-hydrogen) atoms. The molecule has 3 nitrogen and oxygen atoms in total. The van der Waals surface area contributed by atoms with Crippen molar-refractivity contribution in [2.24, 2.45) is 11.7 Å². The smallest absolute Gasteiger partial charge is 0.0897 e. The molecule has 1 atom stereocenters. The number of thiazole rings is 1. The Morgan fingerprint density at radius 1 is 1.67 bits per heavy atom. The third kappa shape index (κ3) is 3.41. The lowest BCUT2D eigenvalue weighted by molar-refractivity contribution is 0.314. The van der Waals surface area contributed by atoms with Gasteiger partial charge in [0.15, 0.2) is 0 Å². The van der Waals surface area contributed by atoms with E-state index in [0.717, 1.165) is 24.6 Å². The molecule has 0 saturated carbocycles. The second kappa shape index (κ2) is 5.80. The summed E-state index contributed by atoms with van der Waals surface area (Å²) in [5, 5.41) is 3.32. The topological polar surface area (TPSA) is 42.2 Å². The van der Waals surface area contributed by atoms with E-state index in [2.05, 4.69) is 22.2 Å². The standard InChI is InChI=1S/C10H17N3S.ClH/c1-8-12-10(7-14-8)6-13-3-2-9(4-11)5-13;/h7,9H,2-6,11H2,1H3;1H. The maximum absolute atomic E-state index is 5.65. The Morgan fingerprint density at radius 2 is 2.47 bits per heavy atom. The van der Waals surface area contributed by atoms with E-state index in [9.17, 15) is 0 Å². The normalized spacial score (nSPS) is 21.6. The quantitative estimate of drug-likeness (QED) is 0.883. The molecule has 5 heteroatoms. The summed E-state index contributed by atoms with van der Waals surface area (Å²) in [7, 11) is 0. The molecule has 0 amide bonds. The lowest BCUT2D eigenvalue weighted by Crippen LogP contribution is -2.22. The molecule has 2 heterocycles. The fourth-order valence-corrected chi connectivity index (χ4v) is 2.56. The number of halogens is 1. The molecule has 2 N–H and O–H groups in total.